The molecule has 1 unspecified atom stereocenters. The van der Waals surface area contributed by atoms with Crippen molar-refractivity contribution >= 4 is 23.1 Å². The summed E-state index contributed by atoms with van der Waals surface area (Å²) in [5.41, 5.74) is 4.40. The number of benzene rings is 2. The molecule has 5 heteroatoms. The molecule has 158 valence electrons. The Morgan fingerprint density at radius 2 is 1.77 bits per heavy atom. The maximum absolute atomic E-state index is 12.9. The largest absolute Gasteiger partial charge is 0.334 e. The van der Waals surface area contributed by atoms with Gasteiger partial charge in [-0.15, -0.1) is 0 Å². The summed E-state index contributed by atoms with van der Waals surface area (Å²) in [6, 6.07) is 18.1. The molecule has 1 aliphatic rings. The first-order valence-corrected chi connectivity index (χ1v) is 10.8. The number of nitrogens with zero attached hydrogens (tertiary/aromatic N) is 1. The summed E-state index contributed by atoms with van der Waals surface area (Å²) in [4.78, 5) is 28.3. The molecule has 0 fully saturated rings. The van der Waals surface area contributed by atoms with Gasteiger partial charge in [0.15, 0.2) is 13.1 Å². The number of hydrogen-bond acceptors (Lipinski definition) is 2. The summed E-state index contributed by atoms with van der Waals surface area (Å²) in [6.45, 7) is 6.87. The highest BCUT2D eigenvalue weighted by atomic mass is 16.2. The summed E-state index contributed by atoms with van der Waals surface area (Å²) < 4.78 is 0. The quantitative estimate of drug-likeness (QED) is 0.708. The summed E-state index contributed by atoms with van der Waals surface area (Å²) in [6.07, 6.45) is 3.95. The number of hydrogen-bond donors (Lipinski definition) is 2. The minimum atomic E-state index is -0.0505. The van der Waals surface area contributed by atoms with E-state index in [0.29, 0.717) is 19.6 Å². The third-order valence-electron chi connectivity index (χ3n) is 5.54. The van der Waals surface area contributed by atoms with E-state index < -0.39 is 0 Å². The van der Waals surface area contributed by atoms with Crippen LogP contribution in [-0.4, -0.2) is 49.4 Å². The molecule has 1 atom stereocenters. The van der Waals surface area contributed by atoms with Crippen molar-refractivity contribution in [1.82, 2.24) is 4.90 Å². The van der Waals surface area contributed by atoms with E-state index in [2.05, 4.69) is 30.4 Å². The molecule has 2 amide bonds. The van der Waals surface area contributed by atoms with Crippen molar-refractivity contribution in [3.8, 4) is 0 Å². The van der Waals surface area contributed by atoms with Crippen LogP contribution in [-0.2, 0) is 9.59 Å². The summed E-state index contributed by atoms with van der Waals surface area (Å²) in [5, 5.41) is 2.98. The minimum absolute atomic E-state index is 0.0505. The predicted molar refractivity (Wildman–Crippen MR) is 121 cm³/mol. The zero-order chi connectivity index (χ0) is 21.3. The van der Waals surface area contributed by atoms with Crippen molar-refractivity contribution < 1.29 is 14.5 Å². The first kappa shape index (κ1) is 21.8. The van der Waals surface area contributed by atoms with Crippen molar-refractivity contribution in [2.75, 3.05) is 38.0 Å². The smallest absolute Gasteiger partial charge is 0.279 e. The van der Waals surface area contributed by atoms with Crippen LogP contribution in [0.5, 0.6) is 0 Å². The van der Waals surface area contributed by atoms with Crippen molar-refractivity contribution in [1.29, 1.82) is 0 Å². The topological polar surface area (TPSA) is 53.9 Å². The number of quaternary nitrogens is 1. The maximum atomic E-state index is 12.9. The van der Waals surface area contributed by atoms with Crippen LogP contribution in [0, 0.1) is 6.92 Å². The van der Waals surface area contributed by atoms with Gasteiger partial charge in [-0.2, -0.15) is 0 Å². The van der Waals surface area contributed by atoms with E-state index in [1.54, 1.807) is 0 Å². The molecule has 0 aromatic heterocycles. The Bertz CT molecular complexity index is 892. The monoisotopic (exact) mass is 406 g/mol. The van der Waals surface area contributed by atoms with Crippen LogP contribution in [0.15, 0.2) is 60.7 Å². The van der Waals surface area contributed by atoms with Crippen molar-refractivity contribution in [2.45, 2.75) is 26.7 Å². The van der Waals surface area contributed by atoms with E-state index >= 15 is 0 Å². The van der Waals surface area contributed by atoms with Gasteiger partial charge in [-0.05, 0) is 42.5 Å². The number of amides is 2. The van der Waals surface area contributed by atoms with E-state index in [1.165, 1.54) is 11.1 Å². The molecule has 1 aliphatic heterocycles. The second kappa shape index (κ2) is 10.7. The van der Waals surface area contributed by atoms with Gasteiger partial charge >= 0.3 is 0 Å². The second-order valence-electron chi connectivity index (χ2n) is 7.90. The summed E-state index contributed by atoms with van der Waals surface area (Å²) >= 11 is 0. The highest BCUT2D eigenvalue weighted by Gasteiger charge is 2.23. The molecule has 0 bridgehead atoms. The number of para-hydroxylation sites is 1. The Hall–Kier alpha value is -2.92. The van der Waals surface area contributed by atoms with E-state index in [0.717, 1.165) is 42.1 Å². The third-order valence-corrected chi connectivity index (χ3v) is 5.54. The molecule has 2 aromatic rings. The number of rotatable bonds is 8. The first-order chi connectivity index (χ1) is 14.6. The zero-order valence-electron chi connectivity index (χ0n) is 18.0. The lowest BCUT2D eigenvalue weighted by atomic mass is 9.99. The lowest BCUT2D eigenvalue weighted by Crippen LogP contribution is -3.14. The van der Waals surface area contributed by atoms with Crippen molar-refractivity contribution in [3.63, 3.8) is 0 Å². The standard InChI is InChI=1S/C25H31N3O2/c1-3-15-27(18-24(29)26-23-12-8-7-9-20(23)2)19-25(30)28-16-13-22(14-17-28)21-10-5-4-6-11-21/h4-13H,3,14-19H2,1-2H3,(H,26,29)/p+1. The highest BCUT2D eigenvalue weighted by molar-refractivity contribution is 5.92. The molecule has 0 radical (unpaired) electrons. The number of nitrogens with one attached hydrogen (secondary N) is 2. The fourth-order valence-electron chi connectivity index (χ4n) is 3.86. The average molecular weight is 407 g/mol. The maximum Gasteiger partial charge on any atom is 0.279 e. The molecule has 2 aromatic carbocycles. The van der Waals surface area contributed by atoms with Crippen LogP contribution < -0.4 is 10.2 Å². The third kappa shape index (κ3) is 6.04. The number of carbonyl (C=O) groups is 2. The molecule has 0 spiro atoms. The molecule has 0 aliphatic carbocycles. The first-order valence-electron chi connectivity index (χ1n) is 10.8. The van der Waals surface area contributed by atoms with Crippen LogP contribution in [0.3, 0.4) is 0 Å². The average Bonchev–Trinajstić information content (AvgIpc) is 2.76. The molecule has 0 saturated carbocycles. The van der Waals surface area contributed by atoms with Gasteiger partial charge < -0.3 is 15.1 Å². The molecule has 2 N–H and O–H groups in total. The van der Waals surface area contributed by atoms with Gasteiger partial charge in [-0.3, -0.25) is 9.59 Å². The fraction of sp³-hybridized carbons (Fsp3) is 0.360. The van der Waals surface area contributed by atoms with E-state index in [4.69, 9.17) is 0 Å². The highest BCUT2D eigenvalue weighted by Crippen LogP contribution is 2.21. The van der Waals surface area contributed by atoms with E-state index in [9.17, 15) is 9.59 Å². The lowest BCUT2D eigenvalue weighted by molar-refractivity contribution is -0.883. The van der Waals surface area contributed by atoms with Gasteiger partial charge in [0.05, 0.1) is 6.54 Å². The molecular formula is C25H32N3O2+. The SMILES string of the molecule is CCC[NH+](CC(=O)Nc1ccccc1C)CC(=O)N1CC=C(c2ccccc2)CC1. The molecule has 0 saturated heterocycles. The Kier molecular flexibility index (Phi) is 7.80. The van der Waals surface area contributed by atoms with Gasteiger partial charge in [-0.25, -0.2) is 0 Å². The zero-order valence-corrected chi connectivity index (χ0v) is 18.0. The van der Waals surface area contributed by atoms with Crippen LogP contribution in [0.1, 0.15) is 30.9 Å². The minimum Gasteiger partial charge on any atom is -0.334 e. The van der Waals surface area contributed by atoms with E-state index in [1.807, 2.05) is 54.3 Å². The molecule has 1 heterocycles. The van der Waals surface area contributed by atoms with Crippen LogP contribution in [0.4, 0.5) is 5.69 Å². The number of anilines is 1. The fourth-order valence-corrected chi connectivity index (χ4v) is 3.86. The van der Waals surface area contributed by atoms with Gasteiger partial charge in [0.1, 0.15) is 0 Å². The Morgan fingerprint density at radius 1 is 1.03 bits per heavy atom. The second-order valence-corrected chi connectivity index (χ2v) is 7.90. The molecule has 3 rings (SSSR count). The van der Waals surface area contributed by atoms with Gasteiger partial charge in [0.25, 0.3) is 11.8 Å². The lowest BCUT2D eigenvalue weighted by Gasteiger charge is -2.28. The van der Waals surface area contributed by atoms with E-state index in [-0.39, 0.29) is 11.8 Å². The molecular weight excluding hydrogens is 374 g/mol. The van der Waals surface area contributed by atoms with Crippen molar-refractivity contribution in [3.05, 3.63) is 71.8 Å². The molecule has 30 heavy (non-hydrogen) atoms. The van der Waals surface area contributed by atoms with Gasteiger partial charge in [-0.1, -0.05) is 61.5 Å². The van der Waals surface area contributed by atoms with Gasteiger partial charge in [0, 0.05) is 18.8 Å². The Balaban J connectivity index is 1.54. The van der Waals surface area contributed by atoms with Gasteiger partial charge in [0.2, 0.25) is 0 Å². The predicted octanol–water partition coefficient (Wildman–Crippen LogP) is 2.54. The number of carbonyl (C=O) groups excluding carboxylic acids is 2. The number of aryl methyl sites for hydroxylation is 1. The van der Waals surface area contributed by atoms with Crippen molar-refractivity contribution in [2.24, 2.45) is 0 Å². The molecule has 5 nitrogen and oxygen atoms in total. The van der Waals surface area contributed by atoms with Crippen LogP contribution >= 0.6 is 0 Å². The Morgan fingerprint density at radius 3 is 2.43 bits per heavy atom. The van der Waals surface area contributed by atoms with Crippen LogP contribution in [0.2, 0.25) is 0 Å². The Labute approximate surface area is 179 Å². The summed E-state index contributed by atoms with van der Waals surface area (Å²) in [7, 11) is 0. The van der Waals surface area contributed by atoms with Crippen LogP contribution in [0.25, 0.3) is 5.57 Å². The normalized spacial score (nSPS) is 14.7. The summed E-state index contributed by atoms with van der Waals surface area (Å²) in [5.74, 6) is 0.0657.